The monoisotopic (exact) mass is 537 g/mol. The maximum atomic E-state index is 13.6. The number of halogens is 4. The van der Waals surface area contributed by atoms with Crippen LogP contribution in [0.1, 0.15) is 35.3 Å². The molecule has 2 fully saturated rings. The first-order valence-corrected chi connectivity index (χ1v) is 12.9. The third-order valence-corrected chi connectivity index (χ3v) is 7.16. The summed E-state index contributed by atoms with van der Waals surface area (Å²) >= 11 is 0. The first-order valence-electron chi connectivity index (χ1n) is 12.9. The molecule has 208 valence electrons. The third-order valence-electron chi connectivity index (χ3n) is 7.16. The van der Waals surface area contributed by atoms with Gasteiger partial charge in [0.1, 0.15) is 11.6 Å². The van der Waals surface area contributed by atoms with E-state index in [1.807, 2.05) is 0 Å². The second kappa shape index (κ2) is 12.0. The molecule has 0 aromatic heterocycles. The van der Waals surface area contributed by atoms with E-state index < -0.39 is 17.6 Å². The van der Waals surface area contributed by atoms with E-state index in [2.05, 4.69) is 23.6 Å². The van der Waals surface area contributed by atoms with Gasteiger partial charge in [-0.25, -0.2) is 4.39 Å². The van der Waals surface area contributed by atoms with Crippen LogP contribution >= 0.6 is 0 Å². The van der Waals surface area contributed by atoms with Crippen LogP contribution < -0.4 is 4.74 Å². The summed E-state index contributed by atoms with van der Waals surface area (Å²) in [5.41, 5.74) is -0.137. The number of alkyl halides is 3. The fraction of sp³-hybridized carbons (Fsp3) is 0.536. The van der Waals surface area contributed by atoms with Crippen molar-refractivity contribution in [3.63, 3.8) is 0 Å². The molecule has 0 spiro atoms. The number of methoxy groups -OCH3 is 1. The van der Waals surface area contributed by atoms with Crippen molar-refractivity contribution in [2.24, 2.45) is 0 Å². The molecule has 2 aliphatic rings. The van der Waals surface area contributed by atoms with E-state index in [1.165, 1.54) is 25.3 Å². The van der Waals surface area contributed by atoms with Gasteiger partial charge in [-0.1, -0.05) is 12.1 Å². The van der Waals surface area contributed by atoms with Crippen LogP contribution in [0.4, 0.5) is 17.6 Å². The van der Waals surface area contributed by atoms with Gasteiger partial charge in [0.25, 0.3) is 5.91 Å². The number of morpholine rings is 1. The van der Waals surface area contributed by atoms with Crippen LogP contribution in [0.15, 0.2) is 42.5 Å². The molecule has 10 heteroatoms. The van der Waals surface area contributed by atoms with Crippen molar-refractivity contribution in [3.8, 4) is 5.75 Å². The number of carbonyl (C=O) groups excluding carboxylic acids is 1. The number of hydrogen-bond donors (Lipinski definition) is 0. The Morgan fingerprint density at radius 2 is 1.63 bits per heavy atom. The number of nitrogens with zero attached hydrogens (tertiary/aromatic N) is 3. The second-order valence-electron chi connectivity index (χ2n) is 10.2. The molecule has 2 aromatic rings. The summed E-state index contributed by atoms with van der Waals surface area (Å²) in [6.45, 7) is 9.06. The van der Waals surface area contributed by atoms with Crippen LogP contribution in [0.2, 0.25) is 0 Å². The lowest BCUT2D eigenvalue weighted by Crippen LogP contribution is -2.57. The van der Waals surface area contributed by atoms with Gasteiger partial charge >= 0.3 is 6.18 Å². The van der Waals surface area contributed by atoms with E-state index in [-0.39, 0.29) is 35.4 Å². The minimum absolute atomic E-state index is 0.0223. The Labute approximate surface area is 221 Å². The fourth-order valence-corrected chi connectivity index (χ4v) is 5.38. The van der Waals surface area contributed by atoms with Crippen molar-refractivity contribution in [1.82, 2.24) is 14.7 Å². The molecule has 0 aliphatic carbocycles. The first kappa shape index (κ1) is 28.3. The number of amides is 1. The van der Waals surface area contributed by atoms with E-state index in [0.29, 0.717) is 26.1 Å². The summed E-state index contributed by atoms with van der Waals surface area (Å²) in [5, 5.41) is 0. The fourth-order valence-electron chi connectivity index (χ4n) is 5.38. The highest BCUT2D eigenvalue weighted by Gasteiger charge is 2.35. The normalized spacial score (nSPS) is 23.4. The molecular formula is C28H35F4N3O3. The Hall–Kier alpha value is -2.69. The molecule has 38 heavy (non-hydrogen) atoms. The van der Waals surface area contributed by atoms with Gasteiger partial charge in [-0.05, 0) is 56.2 Å². The number of rotatable bonds is 7. The molecule has 6 nitrogen and oxygen atoms in total. The highest BCUT2D eigenvalue weighted by atomic mass is 19.4. The lowest BCUT2D eigenvalue weighted by Gasteiger charge is -2.43. The van der Waals surface area contributed by atoms with Gasteiger partial charge in [-0.2, -0.15) is 13.2 Å². The molecule has 0 unspecified atom stereocenters. The standard InChI is InChI=1S/C28H35F4N3O3/c1-19-16-34(17-20(2)38-19)9-8-33-10-11-35(25(18-33)12-21-4-6-24(29)7-5-21)27(36)22-13-23(28(30,31)32)15-26(14-22)37-3/h4-7,13-15,19-20,25H,8-12,16-18H2,1-3H3/t19-,20+,25-/m1/s1. The zero-order valence-corrected chi connectivity index (χ0v) is 22.0. The van der Waals surface area contributed by atoms with E-state index in [0.717, 1.165) is 43.9 Å². The van der Waals surface area contributed by atoms with Crippen LogP contribution in [0.5, 0.6) is 5.75 Å². The molecule has 2 saturated heterocycles. The van der Waals surface area contributed by atoms with Gasteiger partial charge in [-0.15, -0.1) is 0 Å². The van der Waals surface area contributed by atoms with E-state index >= 15 is 0 Å². The van der Waals surface area contributed by atoms with Gasteiger partial charge in [0.2, 0.25) is 0 Å². The van der Waals surface area contributed by atoms with Crippen molar-refractivity contribution < 1.29 is 31.8 Å². The molecule has 3 atom stereocenters. The van der Waals surface area contributed by atoms with Crippen molar-refractivity contribution in [1.29, 1.82) is 0 Å². The summed E-state index contributed by atoms with van der Waals surface area (Å²) in [4.78, 5) is 19.9. The van der Waals surface area contributed by atoms with Crippen molar-refractivity contribution in [2.75, 3.05) is 52.9 Å². The number of piperazine rings is 1. The van der Waals surface area contributed by atoms with Gasteiger partial charge in [-0.3, -0.25) is 14.6 Å². The largest absolute Gasteiger partial charge is 0.497 e. The highest BCUT2D eigenvalue weighted by Crippen LogP contribution is 2.33. The Bertz CT molecular complexity index is 1090. The Morgan fingerprint density at radius 1 is 0.974 bits per heavy atom. The lowest BCUT2D eigenvalue weighted by atomic mass is 10.00. The first-order chi connectivity index (χ1) is 18.0. The van der Waals surface area contributed by atoms with Gasteiger partial charge < -0.3 is 14.4 Å². The maximum absolute atomic E-state index is 13.6. The average molecular weight is 538 g/mol. The molecule has 4 rings (SSSR count). The van der Waals surface area contributed by atoms with Crippen LogP contribution in [0.25, 0.3) is 0 Å². The summed E-state index contributed by atoms with van der Waals surface area (Å²) in [5.74, 6) is -0.847. The molecule has 1 amide bonds. The second-order valence-corrected chi connectivity index (χ2v) is 10.2. The van der Waals surface area contributed by atoms with Crippen molar-refractivity contribution >= 4 is 5.91 Å². The molecule has 0 bridgehead atoms. The lowest BCUT2D eigenvalue weighted by molar-refractivity contribution is -0.137. The number of benzene rings is 2. The average Bonchev–Trinajstić information content (AvgIpc) is 2.87. The third kappa shape index (κ3) is 7.24. The Kier molecular flexibility index (Phi) is 8.95. The molecule has 2 aromatic carbocycles. The van der Waals surface area contributed by atoms with Gasteiger partial charge in [0.05, 0.1) is 24.9 Å². The number of ether oxygens (including phenoxy) is 2. The summed E-state index contributed by atoms with van der Waals surface area (Å²) in [6.07, 6.45) is -3.80. The maximum Gasteiger partial charge on any atom is 0.416 e. The Morgan fingerprint density at radius 3 is 2.26 bits per heavy atom. The minimum Gasteiger partial charge on any atom is -0.497 e. The van der Waals surface area contributed by atoms with Gasteiger partial charge in [0, 0.05) is 57.4 Å². The molecule has 2 heterocycles. The van der Waals surface area contributed by atoms with Crippen LogP contribution in [-0.4, -0.2) is 91.8 Å². The minimum atomic E-state index is -4.61. The van der Waals surface area contributed by atoms with E-state index in [4.69, 9.17) is 9.47 Å². The van der Waals surface area contributed by atoms with Crippen molar-refractivity contribution in [2.45, 2.75) is 44.7 Å². The predicted molar refractivity (Wildman–Crippen MR) is 136 cm³/mol. The summed E-state index contributed by atoms with van der Waals surface area (Å²) in [7, 11) is 1.27. The Balaban J connectivity index is 1.52. The summed E-state index contributed by atoms with van der Waals surface area (Å²) in [6, 6.07) is 8.94. The molecule has 0 saturated carbocycles. The van der Waals surface area contributed by atoms with Gasteiger partial charge in [0.15, 0.2) is 0 Å². The zero-order chi connectivity index (χ0) is 27.4. The molecule has 2 aliphatic heterocycles. The molecule has 0 N–H and O–H groups in total. The number of carbonyl (C=O) groups is 1. The van der Waals surface area contributed by atoms with Crippen LogP contribution in [-0.2, 0) is 17.3 Å². The predicted octanol–water partition coefficient (Wildman–Crippen LogP) is 4.33. The SMILES string of the molecule is COc1cc(C(=O)N2CCN(CCN3C[C@@H](C)O[C@@H](C)C3)C[C@H]2Cc2ccc(F)cc2)cc(C(F)(F)F)c1. The van der Waals surface area contributed by atoms with Crippen molar-refractivity contribution in [3.05, 3.63) is 65.0 Å². The zero-order valence-electron chi connectivity index (χ0n) is 22.0. The molecule has 0 radical (unpaired) electrons. The summed E-state index contributed by atoms with van der Waals surface area (Å²) < 4.78 is 64.9. The van der Waals surface area contributed by atoms with Crippen LogP contribution in [0, 0.1) is 5.82 Å². The van der Waals surface area contributed by atoms with E-state index in [1.54, 1.807) is 17.0 Å². The quantitative estimate of drug-likeness (QED) is 0.492. The smallest absolute Gasteiger partial charge is 0.416 e. The van der Waals surface area contributed by atoms with E-state index in [9.17, 15) is 22.4 Å². The van der Waals surface area contributed by atoms with Crippen LogP contribution in [0.3, 0.4) is 0 Å². The highest BCUT2D eigenvalue weighted by molar-refractivity contribution is 5.95. The number of hydrogen-bond acceptors (Lipinski definition) is 5. The molecular weight excluding hydrogens is 502 g/mol. The topological polar surface area (TPSA) is 45.2 Å².